The summed E-state index contributed by atoms with van der Waals surface area (Å²) < 4.78 is 25.9. The van der Waals surface area contributed by atoms with E-state index in [-0.39, 0.29) is 11.6 Å². The lowest BCUT2D eigenvalue weighted by Gasteiger charge is -2.20. The lowest BCUT2D eigenvalue weighted by atomic mass is 9.92. The highest BCUT2D eigenvalue weighted by atomic mass is 19.3. The van der Waals surface area contributed by atoms with Gasteiger partial charge in [-0.25, -0.2) is 8.78 Å². The molecule has 0 aromatic heterocycles. The van der Waals surface area contributed by atoms with Gasteiger partial charge >= 0.3 is 0 Å². The molecule has 1 unspecified atom stereocenters. The molecule has 100 valence electrons. The van der Waals surface area contributed by atoms with Crippen LogP contribution in [0.3, 0.4) is 0 Å². The van der Waals surface area contributed by atoms with Gasteiger partial charge in [0.1, 0.15) is 0 Å². The van der Waals surface area contributed by atoms with Crippen molar-refractivity contribution in [1.82, 2.24) is 0 Å². The molecule has 3 N–H and O–H groups in total. The van der Waals surface area contributed by atoms with E-state index < -0.39 is 6.43 Å². The minimum absolute atomic E-state index is 0.000272. The Morgan fingerprint density at radius 2 is 2.11 bits per heavy atom. The molecule has 0 radical (unpaired) electrons. The number of nitrogens with two attached hydrogens (primary N) is 1. The van der Waals surface area contributed by atoms with Crippen LogP contribution in [0, 0.1) is 5.41 Å². The topological polar surface area (TPSA) is 38.0 Å². The van der Waals surface area contributed by atoms with Gasteiger partial charge in [-0.2, -0.15) is 0 Å². The summed E-state index contributed by atoms with van der Waals surface area (Å²) in [6, 6.07) is 4.95. The number of rotatable bonds is 3. The molecule has 2 nitrogen and oxygen atoms in total. The SMILES string of the molecule is CC1(C)CCC(Nc2ccc(N)cc2C(F)F)C1. The Balaban J connectivity index is 2.14. The maximum absolute atomic E-state index is 12.9. The van der Waals surface area contributed by atoms with Gasteiger partial charge in [-0.15, -0.1) is 0 Å². The van der Waals surface area contributed by atoms with Crippen LogP contribution in [0.25, 0.3) is 0 Å². The van der Waals surface area contributed by atoms with Crippen LogP contribution >= 0.6 is 0 Å². The molecule has 1 fully saturated rings. The Morgan fingerprint density at radius 3 is 2.67 bits per heavy atom. The number of nitrogen functional groups attached to an aromatic ring is 1. The average molecular weight is 254 g/mol. The molecule has 0 saturated heterocycles. The molecule has 0 bridgehead atoms. The normalized spacial score (nSPS) is 22.4. The largest absolute Gasteiger partial charge is 0.399 e. The van der Waals surface area contributed by atoms with Gasteiger partial charge < -0.3 is 11.1 Å². The lowest BCUT2D eigenvalue weighted by Crippen LogP contribution is -2.18. The third-order valence-corrected chi connectivity index (χ3v) is 3.64. The summed E-state index contributed by atoms with van der Waals surface area (Å²) >= 11 is 0. The van der Waals surface area contributed by atoms with Gasteiger partial charge in [0.15, 0.2) is 0 Å². The maximum atomic E-state index is 12.9. The van der Waals surface area contributed by atoms with Crippen LogP contribution in [0.4, 0.5) is 20.2 Å². The monoisotopic (exact) mass is 254 g/mol. The fourth-order valence-electron chi connectivity index (χ4n) is 2.67. The zero-order chi connectivity index (χ0) is 13.3. The quantitative estimate of drug-likeness (QED) is 0.793. The van der Waals surface area contributed by atoms with Gasteiger partial charge in [0.25, 0.3) is 6.43 Å². The molecule has 1 saturated carbocycles. The zero-order valence-electron chi connectivity index (χ0n) is 10.8. The second-order valence-corrected chi connectivity index (χ2v) is 5.90. The fourth-order valence-corrected chi connectivity index (χ4v) is 2.67. The second-order valence-electron chi connectivity index (χ2n) is 5.90. The first-order valence-corrected chi connectivity index (χ1v) is 6.31. The number of anilines is 2. The van der Waals surface area contributed by atoms with E-state index in [2.05, 4.69) is 19.2 Å². The van der Waals surface area contributed by atoms with Crippen molar-refractivity contribution in [3.8, 4) is 0 Å². The van der Waals surface area contributed by atoms with E-state index in [4.69, 9.17) is 5.73 Å². The van der Waals surface area contributed by atoms with E-state index in [1.165, 1.54) is 6.07 Å². The molecule has 1 aromatic rings. The van der Waals surface area contributed by atoms with E-state index in [0.717, 1.165) is 19.3 Å². The van der Waals surface area contributed by atoms with Gasteiger partial charge in [-0.05, 0) is 42.9 Å². The van der Waals surface area contributed by atoms with E-state index in [1.807, 2.05) is 0 Å². The third-order valence-electron chi connectivity index (χ3n) is 3.64. The number of hydrogen-bond acceptors (Lipinski definition) is 2. The van der Waals surface area contributed by atoms with Crippen LogP contribution < -0.4 is 11.1 Å². The summed E-state index contributed by atoms with van der Waals surface area (Å²) in [4.78, 5) is 0. The van der Waals surface area contributed by atoms with Crippen LogP contribution in [-0.2, 0) is 0 Å². The molecule has 0 heterocycles. The summed E-state index contributed by atoms with van der Waals surface area (Å²) in [5.41, 5.74) is 6.75. The number of benzene rings is 1. The number of hydrogen-bond donors (Lipinski definition) is 2. The molecule has 1 aromatic carbocycles. The lowest BCUT2D eigenvalue weighted by molar-refractivity contribution is 0.152. The third kappa shape index (κ3) is 2.92. The van der Waals surface area contributed by atoms with Crippen molar-refractivity contribution in [2.45, 2.75) is 45.6 Å². The number of halogens is 2. The van der Waals surface area contributed by atoms with Crippen molar-refractivity contribution in [1.29, 1.82) is 0 Å². The zero-order valence-corrected chi connectivity index (χ0v) is 10.8. The van der Waals surface area contributed by atoms with Crippen LogP contribution in [0.15, 0.2) is 18.2 Å². The summed E-state index contributed by atoms with van der Waals surface area (Å²) in [6.07, 6.45) is 0.675. The van der Waals surface area contributed by atoms with Gasteiger partial charge in [0.2, 0.25) is 0 Å². The first kappa shape index (κ1) is 13.1. The van der Waals surface area contributed by atoms with E-state index in [1.54, 1.807) is 12.1 Å². The summed E-state index contributed by atoms with van der Waals surface area (Å²) in [7, 11) is 0. The van der Waals surface area contributed by atoms with Crippen molar-refractivity contribution >= 4 is 11.4 Å². The second kappa shape index (κ2) is 4.75. The molecule has 4 heteroatoms. The molecular weight excluding hydrogens is 234 g/mol. The van der Waals surface area contributed by atoms with Crippen LogP contribution in [0.1, 0.15) is 45.1 Å². The molecule has 0 aliphatic heterocycles. The Morgan fingerprint density at radius 1 is 1.39 bits per heavy atom. The van der Waals surface area contributed by atoms with Crippen molar-refractivity contribution in [3.05, 3.63) is 23.8 Å². The van der Waals surface area contributed by atoms with Crippen molar-refractivity contribution in [3.63, 3.8) is 0 Å². The van der Waals surface area contributed by atoms with Crippen molar-refractivity contribution < 1.29 is 8.78 Å². The van der Waals surface area contributed by atoms with Crippen LogP contribution in [-0.4, -0.2) is 6.04 Å². The molecule has 0 amide bonds. The van der Waals surface area contributed by atoms with Gasteiger partial charge in [-0.1, -0.05) is 13.8 Å². The van der Waals surface area contributed by atoms with Crippen LogP contribution in [0.5, 0.6) is 0 Å². The molecule has 2 rings (SSSR count). The highest BCUT2D eigenvalue weighted by Gasteiger charge is 2.31. The van der Waals surface area contributed by atoms with Crippen LogP contribution in [0.2, 0.25) is 0 Å². The standard InChI is InChI=1S/C14H20F2N2/c1-14(2)6-5-10(8-14)18-12-4-3-9(17)7-11(12)13(15)16/h3-4,7,10,13,18H,5-6,8,17H2,1-2H3. The number of alkyl halides is 2. The Hall–Kier alpha value is -1.32. The highest BCUT2D eigenvalue weighted by Crippen LogP contribution is 2.39. The first-order chi connectivity index (χ1) is 8.37. The minimum Gasteiger partial charge on any atom is -0.399 e. The average Bonchev–Trinajstić information content (AvgIpc) is 2.60. The van der Waals surface area contributed by atoms with E-state index in [0.29, 0.717) is 16.8 Å². The predicted octanol–water partition coefficient (Wildman–Crippen LogP) is 4.20. The van der Waals surface area contributed by atoms with Gasteiger partial charge in [0, 0.05) is 23.0 Å². The molecule has 1 aliphatic carbocycles. The van der Waals surface area contributed by atoms with Crippen molar-refractivity contribution in [2.75, 3.05) is 11.1 Å². The van der Waals surface area contributed by atoms with Crippen molar-refractivity contribution in [2.24, 2.45) is 5.41 Å². The Bertz CT molecular complexity index is 430. The van der Waals surface area contributed by atoms with E-state index in [9.17, 15) is 8.78 Å². The van der Waals surface area contributed by atoms with Gasteiger partial charge in [0.05, 0.1) is 0 Å². The molecule has 1 aliphatic rings. The molecule has 1 atom stereocenters. The molecular formula is C14H20F2N2. The predicted molar refractivity (Wildman–Crippen MR) is 70.9 cm³/mol. The molecule has 0 spiro atoms. The first-order valence-electron chi connectivity index (χ1n) is 6.31. The smallest absolute Gasteiger partial charge is 0.265 e. The summed E-state index contributed by atoms with van der Waals surface area (Å²) in [5, 5.41) is 3.24. The Labute approximate surface area is 107 Å². The Kier molecular flexibility index (Phi) is 3.46. The highest BCUT2D eigenvalue weighted by molar-refractivity contribution is 5.59. The maximum Gasteiger partial charge on any atom is 0.265 e. The number of nitrogens with one attached hydrogen (secondary N) is 1. The summed E-state index contributed by atoms with van der Waals surface area (Å²) in [5.74, 6) is 0. The minimum atomic E-state index is -2.49. The fraction of sp³-hybridized carbons (Fsp3) is 0.571. The summed E-state index contributed by atoms with van der Waals surface area (Å²) in [6.45, 7) is 4.43. The van der Waals surface area contributed by atoms with Gasteiger partial charge in [-0.3, -0.25) is 0 Å². The molecule has 18 heavy (non-hydrogen) atoms. The van der Waals surface area contributed by atoms with E-state index >= 15 is 0 Å².